The summed E-state index contributed by atoms with van der Waals surface area (Å²) >= 11 is 0. The van der Waals surface area contributed by atoms with Crippen molar-refractivity contribution in [1.29, 1.82) is 0 Å². The van der Waals surface area contributed by atoms with Gasteiger partial charge in [0.15, 0.2) is 0 Å². The number of guanidine groups is 1. The summed E-state index contributed by atoms with van der Waals surface area (Å²) in [5, 5.41) is 3.20. The van der Waals surface area contributed by atoms with Crippen molar-refractivity contribution in [2.24, 2.45) is 10.8 Å². The Morgan fingerprint density at radius 3 is 2.75 bits per heavy atom. The Labute approximate surface area is 96.1 Å². The summed E-state index contributed by atoms with van der Waals surface area (Å²) in [6, 6.07) is 4.08. The van der Waals surface area contributed by atoms with Gasteiger partial charge in [0, 0.05) is 18.9 Å². The molecule has 0 amide bonds. The van der Waals surface area contributed by atoms with E-state index in [1.54, 1.807) is 12.4 Å². The van der Waals surface area contributed by atoms with Crippen LogP contribution in [-0.2, 0) is 0 Å². The average molecular weight is 221 g/mol. The van der Waals surface area contributed by atoms with E-state index in [1.165, 1.54) is 0 Å². The number of aromatic nitrogens is 1. The third kappa shape index (κ3) is 3.86. The summed E-state index contributed by atoms with van der Waals surface area (Å²) in [4.78, 5) is 8.26. The summed E-state index contributed by atoms with van der Waals surface area (Å²) in [5.41, 5.74) is 3.71. The van der Waals surface area contributed by atoms with Crippen LogP contribution in [-0.4, -0.2) is 17.5 Å². The minimum atomic E-state index is 0.148. The first-order valence-corrected chi connectivity index (χ1v) is 5.45. The molecule has 0 fully saturated rings. The largest absolute Gasteiger partial charge is 0.349 e. The highest BCUT2D eigenvalue weighted by atomic mass is 15.3. The second-order valence-corrected chi connectivity index (χ2v) is 3.52. The topological polar surface area (TPSA) is 75.3 Å². The number of hydrazine groups is 1. The molecular formula is C11H19N5. The Morgan fingerprint density at radius 2 is 2.19 bits per heavy atom. The number of aliphatic imine (C=N–C) groups is 1. The molecule has 1 atom stereocenters. The highest BCUT2D eigenvalue weighted by Crippen LogP contribution is 2.09. The monoisotopic (exact) mass is 221 g/mol. The fraction of sp³-hybridized carbons (Fsp3) is 0.455. The first kappa shape index (κ1) is 12.4. The third-order valence-corrected chi connectivity index (χ3v) is 2.19. The fourth-order valence-corrected chi connectivity index (χ4v) is 1.30. The Hall–Kier alpha value is -1.62. The fourth-order valence-electron chi connectivity index (χ4n) is 1.30. The molecule has 0 aliphatic heterocycles. The maximum absolute atomic E-state index is 5.38. The van der Waals surface area contributed by atoms with Crippen molar-refractivity contribution in [3.63, 3.8) is 0 Å². The van der Waals surface area contributed by atoms with Gasteiger partial charge in [-0.2, -0.15) is 0 Å². The van der Waals surface area contributed by atoms with Crippen molar-refractivity contribution < 1.29 is 0 Å². The van der Waals surface area contributed by atoms with Gasteiger partial charge in [0.25, 0.3) is 0 Å². The quantitative estimate of drug-likeness (QED) is 0.306. The minimum absolute atomic E-state index is 0.148. The van der Waals surface area contributed by atoms with Crippen LogP contribution in [0.5, 0.6) is 0 Å². The average Bonchev–Trinajstić information content (AvgIpc) is 2.35. The number of nitrogens with two attached hydrogens (primary N) is 1. The lowest BCUT2D eigenvalue weighted by molar-refractivity contribution is 0.685. The lowest BCUT2D eigenvalue weighted by Crippen LogP contribution is -2.42. The van der Waals surface area contributed by atoms with Gasteiger partial charge in [0.05, 0.1) is 6.04 Å². The van der Waals surface area contributed by atoms with Crippen LogP contribution in [0.2, 0.25) is 0 Å². The van der Waals surface area contributed by atoms with Crippen LogP contribution in [0.15, 0.2) is 29.5 Å². The van der Waals surface area contributed by atoms with Crippen LogP contribution in [0.25, 0.3) is 0 Å². The molecule has 0 bridgehead atoms. The second-order valence-electron chi connectivity index (χ2n) is 3.52. The zero-order chi connectivity index (χ0) is 11.8. The van der Waals surface area contributed by atoms with E-state index >= 15 is 0 Å². The summed E-state index contributed by atoms with van der Waals surface area (Å²) < 4.78 is 0. The predicted octanol–water partition coefficient (Wildman–Crippen LogP) is 0.961. The number of hydrogen-bond donors (Lipinski definition) is 3. The van der Waals surface area contributed by atoms with E-state index in [9.17, 15) is 0 Å². The van der Waals surface area contributed by atoms with Crippen LogP contribution in [0.3, 0.4) is 0 Å². The summed E-state index contributed by atoms with van der Waals surface area (Å²) in [6.45, 7) is 4.88. The maximum atomic E-state index is 5.38. The van der Waals surface area contributed by atoms with E-state index in [0.717, 1.165) is 18.5 Å². The van der Waals surface area contributed by atoms with Gasteiger partial charge in [-0.3, -0.25) is 15.4 Å². The molecule has 0 saturated carbocycles. The van der Waals surface area contributed by atoms with E-state index in [2.05, 4.69) is 27.6 Å². The van der Waals surface area contributed by atoms with E-state index in [0.29, 0.717) is 5.96 Å². The van der Waals surface area contributed by atoms with Gasteiger partial charge in [-0.25, -0.2) is 5.84 Å². The lowest BCUT2D eigenvalue weighted by Gasteiger charge is -2.16. The number of nitrogens with zero attached hydrogens (tertiary/aromatic N) is 2. The lowest BCUT2D eigenvalue weighted by atomic mass is 10.1. The van der Waals surface area contributed by atoms with Crippen LogP contribution in [0.1, 0.15) is 31.9 Å². The van der Waals surface area contributed by atoms with Gasteiger partial charge in [0.2, 0.25) is 5.96 Å². The molecule has 0 aliphatic rings. The van der Waals surface area contributed by atoms with Crippen LogP contribution in [0, 0.1) is 0 Å². The Balaban J connectivity index is 2.59. The molecule has 0 aliphatic carbocycles. The van der Waals surface area contributed by atoms with Crippen molar-refractivity contribution >= 4 is 5.96 Å². The van der Waals surface area contributed by atoms with Crippen molar-refractivity contribution in [3.8, 4) is 0 Å². The Kier molecular flexibility index (Phi) is 5.28. The minimum Gasteiger partial charge on any atom is -0.349 e. The molecule has 0 saturated heterocycles. The molecule has 5 heteroatoms. The van der Waals surface area contributed by atoms with E-state index in [4.69, 9.17) is 5.84 Å². The number of rotatable bonds is 4. The van der Waals surface area contributed by atoms with Gasteiger partial charge in [-0.1, -0.05) is 6.92 Å². The zero-order valence-electron chi connectivity index (χ0n) is 9.77. The number of hydrogen-bond acceptors (Lipinski definition) is 3. The predicted molar refractivity (Wildman–Crippen MR) is 65.7 cm³/mol. The van der Waals surface area contributed by atoms with Crippen molar-refractivity contribution in [3.05, 3.63) is 30.1 Å². The second kappa shape index (κ2) is 6.79. The van der Waals surface area contributed by atoms with E-state index in [-0.39, 0.29) is 6.04 Å². The number of nitrogens with one attached hydrogen (secondary N) is 2. The molecule has 0 radical (unpaired) electrons. The zero-order valence-corrected chi connectivity index (χ0v) is 9.77. The third-order valence-electron chi connectivity index (χ3n) is 2.19. The van der Waals surface area contributed by atoms with Gasteiger partial charge in [0.1, 0.15) is 0 Å². The molecule has 16 heavy (non-hydrogen) atoms. The number of pyridine rings is 1. The van der Waals surface area contributed by atoms with Crippen LogP contribution >= 0.6 is 0 Å². The first-order chi connectivity index (χ1) is 7.77. The molecule has 0 spiro atoms. The molecule has 5 nitrogen and oxygen atoms in total. The molecular weight excluding hydrogens is 202 g/mol. The summed E-state index contributed by atoms with van der Waals surface area (Å²) in [7, 11) is 0. The van der Waals surface area contributed by atoms with Crippen LogP contribution in [0.4, 0.5) is 0 Å². The van der Waals surface area contributed by atoms with Gasteiger partial charge >= 0.3 is 0 Å². The molecule has 4 N–H and O–H groups in total. The first-order valence-electron chi connectivity index (χ1n) is 5.45. The smallest absolute Gasteiger partial charge is 0.206 e. The van der Waals surface area contributed by atoms with Crippen LogP contribution < -0.4 is 16.6 Å². The summed E-state index contributed by atoms with van der Waals surface area (Å²) in [5.74, 6) is 6.00. The SMILES string of the molecule is CCCN=C(NN)NC(C)c1ccncc1. The Morgan fingerprint density at radius 1 is 1.50 bits per heavy atom. The maximum Gasteiger partial charge on any atom is 0.206 e. The molecule has 1 aromatic rings. The molecule has 0 aromatic carbocycles. The highest BCUT2D eigenvalue weighted by Gasteiger charge is 2.06. The standard InChI is InChI=1S/C11H19N5/c1-3-6-14-11(16-12)15-9(2)10-4-7-13-8-5-10/h4-5,7-9H,3,6,12H2,1-2H3,(H2,14,15,16). The molecule has 1 aromatic heterocycles. The van der Waals surface area contributed by atoms with Gasteiger partial charge in [-0.05, 0) is 31.0 Å². The van der Waals surface area contributed by atoms with Crippen molar-refractivity contribution in [2.45, 2.75) is 26.3 Å². The molecule has 88 valence electrons. The van der Waals surface area contributed by atoms with Gasteiger partial charge in [-0.15, -0.1) is 0 Å². The molecule has 1 heterocycles. The molecule has 1 rings (SSSR count). The Bertz CT molecular complexity index is 322. The van der Waals surface area contributed by atoms with Gasteiger partial charge < -0.3 is 5.32 Å². The highest BCUT2D eigenvalue weighted by molar-refractivity contribution is 5.79. The van der Waals surface area contributed by atoms with Crippen molar-refractivity contribution in [2.75, 3.05) is 6.54 Å². The summed E-state index contributed by atoms with van der Waals surface area (Å²) in [6.07, 6.45) is 4.54. The normalized spacial score (nSPS) is 13.3. The van der Waals surface area contributed by atoms with Crippen molar-refractivity contribution in [1.82, 2.24) is 15.7 Å². The van der Waals surface area contributed by atoms with E-state index < -0.39 is 0 Å². The molecule has 1 unspecified atom stereocenters. The van der Waals surface area contributed by atoms with E-state index in [1.807, 2.05) is 19.1 Å².